The molecule has 0 aliphatic carbocycles. The van der Waals surface area contributed by atoms with E-state index < -0.39 is 10.0 Å². The number of halogens is 2. The highest BCUT2D eigenvalue weighted by atomic mass is 79.9. The van der Waals surface area contributed by atoms with Crippen LogP contribution in [-0.4, -0.2) is 15.5 Å². The molecule has 0 bridgehead atoms. The van der Waals surface area contributed by atoms with Crippen LogP contribution in [0.5, 0.6) is 0 Å². The first-order chi connectivity index (χ1) is 9.85. The van der Waals surface area contributed by atoms with Gasteiger partial charge in [-0.3, -0.25) is 4.72 Å². The van der Waals surface area contributed by atoms with Gasteiger partial charge in [0.2, 0.25) is 0 Å². The minimum atomic E-state index is -3.69. The first-order valence-electron chi connectivity index (χ1n) is 6.10. The predicted octanol–water partition coefficient (Wildman–Crippen LogP) is 4.36. The third-order valence-electron chi connectivity index (χ3n) is 2.87. The standard InChI is InChI=1S/C14H14Br2N2O2S/c1-9-7-10(15)14(11(16)8-9)18-21(19,20)13-6-4-3-5-12(13)17-2/h3-8,17-18H,1-2H3. The first-order valence-corrected chi connectivity index (χ1v) is 9.17. The van der Waals surface area contributed by atoms with Crippen molar-refractivity contribution < 1.29 is 8.42 Å². The highest BCUT2D eigenvalue weighted by molar-refractivity contribution is 9.11. The summed E-state index contributed by atoms with van der Waals surface area (Å²) >= 11 is 6.77. The van der Waals surface area contributed by atoms with Crippen molar-refractivity contribution >= 4 is 53.3 Å². The molecular formula is C14H14Br2N2O2S. The quantitative estimate of drug-likeness (QED) is 0.752. The molecule has 0 aliphatic heterocycles. The number of hydrogen-bond acceptors (Lipinski definition) is 3. The van der Waals surface area contributed by atoms with Crippen LogP contribution < -0.4 is 10.0 Å². The Hall–Kier alpha value is -1.05. The van der Waals surface area contributed by atoms with Gasteiger partial charge < -0.3 is 5.32 Å². The Kier molecular flexibility index (Phi) is 4.95. The van der Waals surface area contributed by atoms with Gasteiger partial charge in [0.1, 0.15) is 4.90 Å². The van der Waals surface area contributed by atoms with Crippen LogP contribution in [0.1, 0.15) is 5.56 Å². The van der Waals surface area contributed by atoms with E-state index in [1.807, 2.05) is 19.1 Å². The number of hydrogen-bond donors (Lipinski definition) is 2. The Morgan fingerprint density at radius 3 is 2.19 bits per heavy atom. The molecule has 2 aromatic carbocycles. The maximum Gasteiger partial charge on any atom is 0.264 e. The lowest BCUT2D eigenvalue weighted by atomic mass is 10.2. The fourth-order valence-corrected chi connectivity index (χ4v) is 5.09. The lowest BCUT2D eigenvalue weighted by Gasteiger charge is -2.14. The van der Waals surface area contributed by atoms with E-state index in [9.17, 15) is 8.42 Å². The summed E-state index contributed by atoms with van der Waals surface area (Å²) < 4.78 is 29.1. The van der Waals surface area contributed by atoms with E-state index in [2.05, 4.69) is 41.9 Å². The van der Waals surface area contributed by atoms with Crippen LogP contribution in [0.3, 0.4) is 0 Å². The van der Waals surface area contributed by atoms with Crippen LogP contribution in [0.4, 0.5) is 11.4 Å². The van der Waals surface area contributed by atoms with Crippen molar-refractivity contribution in [2.75, 3.05) is 17.1 Å². The molecule has 0 fully saturated rings. The van der Waals surface area contributed by atoms with Crippen LogP contribution in [0.2, 0.25) is 0 Å². The first kappa shape index (κ1) is 16.3. The molecule has 7 heteroatoms. The number of benzene rings is 2. The topological polar surface area (TPSA) is 58.2 Å². The average Bonchev–Trinajstić information content (AvgIpc) is 2.43. The number of sulfonamides is 1. The lowest BCUT2D eigenvalue weighted by Crippen LogP contribution is -2.15. The Bertz CT molecular complexity index is 753. The third kappa shape index (κ3) is 3.59. The minimum absolute atomic E-state index is 0.201. The van der Waals surface area contributed by atoms with Gasteiger partial charge in [0.15, 0.2) is 0 Å². The lowest BCUT2D eigenvalue weighted by molar-refractivity contribution is 0.601. The van der Waals surface area contributed by atoms with Crippen LogP contribution in [0.25, 0.3) is 0 Å². The van der Waals surface area contributed by atoms with E-state index in [4.69, 9.17) is 0 Å². The van der Waals surface area contributed by atoms with Gasteiger partial charge in [0, 0.05) is 16.0 Å². The molecule has 0 unspecified atom stereocenters. The molecule has 2 aromatic rings. The molecule has 0 atom stereocenters. The van der Waals surface area contributed by atoms with E-state index >= 15 is 0 Å². The zero-order valence-corrected chi connectivity index (χ0v) is 15.4. The van der Waals surface area contributed by atoms with Crippen molar-refractivity contribution in [1.82, 2.24) is 0 Å². The Labute approximate surface area is 141 Å². The molecule has 4 nitrogen and oxygen atoms in total. The molecule has 0 radical (unpaired) electrons. The number of rotatable bonds is 4. The van der Waals surface area contributed by atoms with Crippen LogP contribution >= 0.6 is 31.9 Å². The normalized spacial score (nSPS) is 11.2. The molecule has 0 saturated heterocycles. The zero-order chi connectivity index (χ0) is 15.6. The number of nitrogens with one attached hydrogen (secondary N) is 2. The van der Waals surface area contributed by atoms with Gasteiger partial charge in [0.05, 0.1) is 11.4 Å². The van der Waals surface area contributed by atoms with Crippen molar-refractivity contribution in [3.8, 4) is 0 Å². The molecule has 0 aromatic heterocycles. The number of aryl methyl sites for hydroxylation is 1. The Morgan fingerprint density at radius 2 is 1.62 bits per heavy atom. The van der Waals surface area contributed by atoms with Gasteiger partial charge in [-0.15, -0.1) is 0 Å². The van der Waals surface area contributed by atoms with E-state index in [-0.39, 0.29) is 4.90 Å². The van der Waals surface area contributed by atoms with E-state index in [0.717, 1.165) is 5.56 Å². The fraction of sp³-hybridized carbons (Fsp3) is 0.143. The van der Waals surface area contributed by atoms with E-state index in [1.54, 1.807) is 31.3 Å². The van der Waals surface area contributed by atoms with Crippen molar-refractivity contribution in [3.05, 3.63) is 50.9 Å². The maximum absolute atomic E-state index is 12.6. The van der Waals surface area contributed by atoms with Gasteiger partial charge in [0.25, 0.3) is 10.0 Å². The van der Waals surface area contributed by atoms with Crippen LogP contribution in [0.15, 0.2) is 50.2 Å². The highest BCUT2D eigenvalue weighted by Crippen LogP contribution is 2.34. The predicted molar refractivity (Wildman–Crippen MR) is 93.4 cm³/mol. The van der Waals surface area contributed by atoms with Crippen molar-refractivity contribution in [1.29, 1.82) is 0 Å². The molecule has 2 N–H and O–H groups in total. The third-order valence-corrected chi connectivity index (χ3v) is 5.53. The fourth-order valence-electron chi connectivity index (χ4n) is 1.89. The smallest absolute Gasteiger partial charge is 0.264 e. The maximum atomic E-state index is 12.6. The largest absolute Gasteiger partial charge is 0.387 e. The number of anilines is 2. The number of para-hydroxylation sites is 1. The highest BCUT2D eigenvalue weighted by Gasteiger charge is 2.20. The van der Waals surface area contributed by atoms with Crippen molar-refractivity contribution in [2.45, 2.75) is 11.8 Å². The monoisotopic (exact) mass is 432 g/mol. The summed E-state index contributed by atoms with van der Waals surface area (Å²) in [5.41, 5.74) is 2.04. The summed E-state index contributed by atoms with van der Waals surface area (Å²) in [6, 6.07) is 10.5. The molecule has 21 heavy (non-hydrogen) atoms. The second-order valence-corrected chi connectivity index (χ2v) is 7.81. The summed E-state index contributed by atoms with van der Waals surface area (Å²) in [5, 5.41) is 2.88. The zero-order valence-electron chi connectivity index (χ0n) is 11.4. The average molecular weight is 434 g/mol. The van der Waals surface area contributed by atoms with Gasteiger partial charge in [-0.05, 0) is 68.6 Å². The van der Waals surface area contributed by atoms with Gasteiger partial charge >= 0.3 is 0 Å². The summed E-state index contributed by atoms with van der Waals surface area (Å²) in [6.45, 7) is 1.93. The van der Waals surface area contributed by atoms with Gasteiger partial charge in [-0.1, -0.05) is 12.1 Å². The SMILES string of the molecule is CNc1ccccc1S(=O)(=O)Nc1c(Br)cc(C)cc1Br. The Morgan fingerprint density at radius 1 is 1.05 bits per heavy atom. The summed E-state index contributed by atoms with van der Waals surface area (Å²) in [5.74, 6) is 0. The molecule has 2 rings (SSSR count). The molecule has 0 saturated carbocycles. The van der Waals surface area contributed by atoms with Crippen molar-refractivity contribution in [2.24, 2.45) is 0 Å². The summed E-state index contributed by atoms with van der Waals surface area (Å²) in [7, 11) is -2.00. The second-order valence-electron chi connectivity index (χ2n) is 4.46. The van der Waals surface area contributed by atoms with Crippen LogP contribution in [0, 0.1) is 6.92 Å². The molecule has 0 heterocycles. The van der Waals surface area contributed by atoms with Gasteiger partial charge in [-0.2, -0.15) is 0 Å². The van der Waals surface area contributed by atoms with E-state index in [1.165, 1.54) is 0 Å². The van der Waals surface area contributed by atoms with Gasteiger partial charge in [-0.25, -0.2) is 8.42 Å². The molecule has 0 spiro atoms. The molecule has 0 aliphatic rings. The summed E-state index contributed by atoms with van der Waals surface area (Å²) in [6.07, 6.45) is 0. The summed E-state index contributed by atoms with van der Waals surface area (Å²) in [4.78, 5) is 0.201. The Balaban J connectivity index is 2.48. The molecular weight excluding hydrogens is 420 g/mol. The second kappa shape index (κ2) is 6.37. The molecule has 112 valence electrons. The molecule has 0 amide bonds. The van der Waals surface area contributed by atoms with Crippen LogP contribution in [-0.2, 0) is 10.0 Å². The minimum Gasteiger partial charge on any atom is -0.387 e. The van der Waals surface area contributed by atoms with Crippen molar-refractivity contribution in [3.63, 3.8) is 0 Å². The van der Waals surface area contributed by atoms with E-state index in [0.29, 0.717) is 20.3 Å².